The van der Waals surface area contributed by atoms with Gasteiger partial charge in [0.25, 0.3) is 0 Å². The SMILES string of the molecule is COC1C(O)CC(OC2C(O)CC(OC3CC(OC4C(C)CC(C)C5C4C=CC4C(C)=CCC(OC6CC(C)(N([O-])O)C(NOC(C)=O)C(C)O6)C(C)=CC6C=C(C=O)C(C)CC67OC(=O)C(=C(O)C45C)C7=O)OC(C)C3O)OC2C)OC1C. The first-order chi connectivity index (χ1) is 39.6. The van der Waals surface area contributed by atoms with Gasteiger partial charge in [0.2, 0.25) is 5.78 Å². The molecule has 0 amide bonds. The third-order valence-electron chi connectivity index (χ3n) is 20.1. The Labute approximate surface area is 491 Å². The number of rotatable bonds is 13. The topological polar surface area (TPSA) is 309 Å². The van der Waals surface area contributed by atoms with Crippen molar-refractivity contribution >= 4 is 24.0 Å². The summed E-state index contributed by atoms with van der Waals surface area (Å²) in [4.78, 5) is 59.7. The number of fused-ring (bicyclic) bond motifs is 4. The molecule has 4 aliphatic carbocycles. The molecule has 0 radical (unpaired) electrons. The largest absolute Gasteiger partial charge is 0.762 e. The lowest BCUT2D eigenvalue weighted by Crippen LogP contribution is -2.66. The van der Waals surface area contributed by atoms with Crippen LogP contribution in [0.2, 0.25) is 0 Å². The molecule has 470 valence electrons. The number of nitrogens with one attached hydrogen (secondary N) is 1. The van der Waals surface area contributed by atoms with Gasteiger partial charge in [-0.1, -0.05) is 63.6 Å². The Morgan fingerprint density at radius 3 is 2.02 bits per heavy atom. The van der Waals surface area contributed by atoms with Gasteiger partial charge in [-0.3, -0.25) is 19.6 Å². The third kappa shape index (κ3) is 12.1. The van der Waals surface area contributed by atoms with E-state index in [-0.39, 0.29) is 55.6 Å². The molecule has 5 heterocycles. The minimum Gasteiger partial charge on any atom is -0.762 e. The zero-order chi connectivity index (χ0) is 61.2. The van der Waals surface area contributed by atoms with Crippen molar-refractivity contribution < 1.29 is 97.0 Å². The van der Waals surface area contributed by atoms with Crippen LogP contribution in [0, 0.1) is 52.0 Å². The maximum Gasteiger partial charge on any atom is 0.346 e. The lowest BCUT2D eigenvalue weighted by Gasteiger charge is -2.56. The van der Waals surface area contributed by atoms with Gasteiger partial charge in [0, 0.05) is 69.3 Å². The fourth-order valence-corrected chi connectivity index (χ4v) is 15.7. The van der Waals surface area contributed by atoms with Gasteiger partial charge in [-0.05, 0) is 96.1 Å². The number of carbonyl (C=O) groups is 4. The molecule has 0 aromatic carbocycles. The minimum absolute atomic E-state index is 0.0125. The molecule has 2 bridgehead atoms. The Balaban J connectivity index is 1.01. The summed E-state index contributed by atoms with van der Waals surface area (Å²) in [7, 11) is 1.50. The Kier molecular flexibility index (Phi) is 19.5. The number of ether oxygens (including phenoxy) is 10. The lowest BCUT2D eigenvalue weighted by molar-refractivity contribution is -0.335. The van der Waals surface area contributed by atoms with E-state index in [9.17, 15) is 45.2 Å². The number of hydroxylamine groups is 3. The molecule has 6 N–H and O–H groups in total. The second-order valence-electron chi connectivity index (χ2n) is 25.9. The Hall–Kier alpha value is -3.86. The Morgan fingerprint density at radius 1 is 0.774 bits per heavy atom. The van der Waals surface area contributed by atoms with Crippen LogP contribution in [-0.4, -0.2) is 178 Å². The van der Waals surface area contributed by atoms with Crippen LogP contribution in [0.25, 0.3) is 0 Å². The molecule has 5 saturated heterocycles. The first-order valence-corrected chi connectivity index (χ1v) is 29.9. The predicted molar refractivity (Wildman–Crippen MR) is 296 cm³/mol. The van der Waals surface area contributed by atoms with E-state index >= 15 is 4.79 Å². The highest BCUT2D eigenvalue weighted by molar-refractivity contribution is 6.26. The van der Waals surface area contributed by atoms with Crippen molar-refractivity contribution in [2.24, 2.45) is 46.8 Å². The van der Waals surface area contributed by atoms with E-state index in [1.54, 1.807) is 53.7 Å². The summed E-state index contributed by atoms with van der Waals surface area (Å²) < 4.78 is 63.1. The van der Waals surface area contributed by atoms with Crippen LogP contribution in [0.5, 0.6) is 0 Å². The van der Waals surface area contributed by atoms with Crippen molar-refractivity contribution in [2.75, 3.05) is 7.11 Å². The molecule has 0 aromatic heterocycles. The molecular weight excluding hydrogens is 1100 g/mol. The van der Waals surface area contributed by atoms with Gasteiger partial charge in [-0.25, -0.2) is 4.79 Å². The van der Waals surface area contributed by atoms with E-state index in [2.05, 4.69) is 25.4 Å². The van der Waals surface area contributed by atoms with Crippen LogP contribution < -0.4 is 5.48 Å². The highest BCUT2D eigenvalue weighted by atomic mass is 16.8. The summed E-state index contributed by atoms with van der Waals surface area (Å²) in [6.07, 6.45) is -2.06. The summed E-state index contributed by atoms with van der Waals surface area (Å²) in [6, 6.07) is -0.990. The molecule has 84 heavy (non-hydrogen) atoms. The quantitative estimate of drug-likeness (QED) is 0.0442. The molecule has 1 spiro atoms. The fourth-order valence-electron chi connectivity index (χ4n) is 15.7. The van der Waals surface area contributed by atoms with Crippen LogP contribution >= 0.6 is 0 Å². The monoisotopic (exact) mass is 1190 g/mol. The number of nitrogens with zero attached hydrogens (tertiary/aromatic N) is 1. The number of esters is 1. The highest BCUT2D eigenvalue weighted by Crippen LogP contribution is 2.61. The van der Waals surface area contributed by atoms with Gasteiger partial charge in [0.05, 0.1) is 66.5 Å². The third-order valence-corrected chi connectivity index (χ3v) is 20.1. The van der Waals surface area contributed by atoms with E-state index in [1.807, 2.05) is 26.0 Å². The molecule has 1 saturated carbocycles. The lowest BCUT2D eigenvalue weighted by atomic mass is 9.49. The van der Waals surface area contributed by atoms with E-state index in [0.717, 1.165) is 11.9 Å². The molecule has 6 fully saturated rings. The Morgan fingerprint density at radius 2 is 1.39 bits per heavy atom. The van der Waals surface area contributed by atoms with Gasteiger partial charge in [0.15, 0.2) is 30.8 Å². The van der Waals surface area contributed by atoms with Gasteiger partial charge >= 0.3 is 11.9 Å². The summed E-state index contributed by atoms with van der Waals surface area (Å²) in [5, 5.41) is 70.1. The molecular formula is C61H89N2O21-. The van der Waals surface area contributed by atoms with Crippen LogP contribution in [0.3, 0.4) is 0 Å². The molecule has 9 rings (SSSR count). The molecule has 27 atom stereocenters. The van der Waals surface area contributed by atoms with Gasteiger partial charge < -0.3 is 83.0 Å². The van der Waals surface area contributed by atoms with Crippen molar-refractivity contribution in [2.45, 2.75) is 244 Å². The van der Waals surface area contributed by atoms with Crippen molar-refractivity contribution in [3.8, 4) is 0 Å². The number of carbonyl (C=O) groups excluding carboxylic acids is 4. The molecule has 23 nitrogen and oxygen atoms in total. The molecule has 9 aliphatic rings. The van der Waals surface area contributed by atoms with Crippen molar-refractivity contribution in [1.82, 2.24) is 10.7 Å². The van der Waals surface area contributed by atoms with Gasteiger partial charge in [-0.2, -0.15) is 0 Å². The van der Waals surface area contributed by atoms with Crippen molar-refractivity contribution in [3.05, 3.63) is 63.6 Å². The average molecular weight is 1190 g/mol. The number of methoxy groups -OCH3 is 1. The number of allylic oxidation sites excluding steroid dienone is 4. The standard InChI is InChI=1S/C61H89N2O21/c1-27-14-17-43(79-48-25-59(11,63(72)73)55(35(9)78-48)62-84-36(10)65)28(2)19-38-20-37(26-64)31(5)24-61(38)57(70)49(58(71)83-61)56(69)60(12)40(27)16-15-39-50(60)29(3)18-30(4)52(39)81-47-23-44(51(68)32(6)75-47)80-45-22-42(67)54(34(8)77-45)82-46-21-41(66)53(74-13)33(7)76-46/h14-16,19-20,26,29-35,38-48,50-55,62,66-69,72H,17-18,21-25H2,1-13H3/q-1. The van der Waals surface area contributed by atoms with E-state index < -0.39 is 180 Å². The summed E-state index contributed by atoms with van der Waals surface area (Å²) in [5.74, 6) is -6.01. The van der Waals surface area contributed by atoms with Gasteiger partial charge in [-0.15, -0.1) is 5.48 Å². The number of hydrogen-bond donors (Lipinski definition) is 6. The molecule has 23 heteroatoms. The Bertz CT molecular complexity index is 2580. The van der Waals surface area contributed by atoms with Crippen LogP contribution in [0.4, 0.5) is 0 Å². The number of aldehydes is 1. The maximum absolute atomic E-state index is 15.5. The first-order valence-electron chi connectivity index (χ1n) is 29.9. The smallest absolute Gasteiger partial charge is 0.346 e. The van der Waals surface area contributed by atoms with Crippen LogP contribution in [0.1, 0.15) is 128 Å². The van der Waals surface area contributed by atoms with Gasteiger partial charge in [0.1, 0.15) is 35.9 Å². The number of Topliss-reactive ketones (excluding diaryl/α,β-unsaturated/α-hetero) is 1. The van der Waals surface area contributed by atoms with E-state index in [1.165, 1.54) is 21.0 Å². The summed E-state index contributed by atoms with van der Waals surface area (Å²) >= 11 is 0. The van der Waals surface area contributed by atoms with Crippen LogP contribution in [-0.2, 0) is 71.4 Å². The highest BCUT2D eigenvalue weighted by Gasteiger charge is 2.64. The molecule has 27 unspecified atom stereocenters. The zero-order valence-electron chi connectivity index (χ0n) is 50.5. The molecule has 0 aromatic rings. The average Bonchev–Trinajstić information content (AvgIpc) is 1.34. The van der Waals surface area contributed by atoms with E-state index in [4.69, 9.17) is 52.2 Å². The molecule has 5 aliphatic heterocycles. The van der Waals surface area contributed by atoms with Crippen LogP contribution in [0.15, 0.2) is 58.4 Å². The summed E-state index contributed by atoms with van der Waals surface area (Å²) in [6.45, 7) is 21.1. The number of ketones is 1. The predicted octanol–water partition coefficient (Wildman–Crippen LogP) is 5.40. The minimum atomic E-state index is -1.86. The number of aliphatic hydroxyl groups is 4. The summed E-state index contributed by atoms with van der Waals surface area (Å²) in [5.41, 5.74) is -0.976. The maximum atomic E-state index is 15.5. The second-order valence-corrected chi connectivity index (χ2v) is 25.9. The fraction of sp³-hybridized carbons (Fsp3) is 0.770. The van der Waals surface area contributed by atoms with E-state index in [0.29, 0.717) is 17.6 Å². The van der Waals surface area contributed by atoms with Crippen molar-refractivity contribution in [3.63, 3.8) is 0 Å². The normalized spacial score (nSPS) is 47.3. The van der Waals surface area contributed by atoms with Crippen molar-refractivity contribution in [1.29, 1.82) is 0 Å². The first kappa shape index (κ1) is 64.6. The number of aliphatic hydroxyl groups excluding tert-OH is 4. The zero-order valence-corrected chi connectivity index (χ0v) is 50.5. The number of hydrogen-bond acceptors (Lipinski definition) is 23. The second kappa shape index (κ2) is 25.3.